The number of nitrogens with zero attached hydrogens (tertiary/aromatic N) is 3. The van der Waals surface area contributed by atoms with E-state index in [1.165, 1.54) is 6.07 Å². The smallest absolute Gasteiger partial charge is 0.326 e. The van der Waals surface area contributed by atoms with Gasteiger partial charge in [-0.25, -0.2) is 9.18 Å². The molecule has 33 heavy (non-hydrogen) atoms. The van der Waals surface area contributed by atoms with Gasteiger partial charge in [-0.15, -0.1) is 0 Å². The fraction of sp³-hybridized carbons (Fsp3) is 0.565. The summed E-state index contributed by atoms with van der Waals surface area (Å²) in [6.45, 7) is 2.62. The van der Waals surface area contributed by atoms with Crippen LogP contribution in [0.5, 0.6) is 0 Å². The van der Waals surface area contributed by atoms with Crippen molar-refractivity contribution in [2.75, 3.05) is 44.2 Å². The second-order valence-corrected chi connectivity index (χ2v) is 8.92. The molecule has 1 aromatic carbocycles. The normalized spacial score (nSPS) is 25.4. The average molecular weight is 461 g/mol. The number of benzene rings is 1. The highest BCUT2D eigenvalue weighted by molar-refractivity contribution is 6.09. The maximum atomic E-state index is 14.0. The molecule has 2 aliphatic heterocycles. The lowest BCUT2D eigenvalue weighted by Gasteiger charge is -2.36. The second kappa shape index (κ2) is 9.36. The molecule has 9 nitrogen and oxygen atoms in total. The molecule has 2 unspecified atom stereocenters. The summed E-state index contributed by atoms with van der Waals surface area (Å²) in [5.41, 5.74) is -0.446. The van der Waals surface area contributed by atoms with E-state index in [2.05, 4.69) is 5.32 Å². The third-order valence-corrected chi connectivity index (χ3v) is 6.97. The maximum Gasteiger partial charge on any atom is 0.326 e. The standard InChI is InChI=1S/C23H29FN4O5/c1-16-6-4-5-9-23(16)21(31)28(22(32)25-23)14-20(30)33-15-19(29)27-12-10-26(11-13-27)18-8-3-2-7-17(18)24/h2-3,7-8,16H,4-6,9-15H2,1H3,(H,25,32). The van der Waals surface area contributed by atoms with Crippen LogP contribution >= 0.6 is 0 Å². The minimum absolute atomic E-state index is 0.00618. The van der Waals surface area contributed by atoms with E-state index < -0.39 is 36.6 Å². The molecule has 3 fully saturated rings. The van der Waals surface area contributed by atoms with Crippen LogP contribution in [0.2, 0.25) is 0 Å². The molecule has 0 radical (unpaired) electrons. The van der Waals surface area contributed by atoms with Gasteiger partial charge in [0.2, 0.25) is 0 Å². The Morgan fingerprint density at radius 1 is 1.15 bits per heavy atom. The number of rotatable bonds is 5. The molecule has 1 N–H and O–H groups in total. The van der Waals surface area contributed by atoms with Crippen LogP contribution in [0.4, 0.5) is 14.9 Å². The third kappa shape index (κ3) is 4.51. The van der Waals surface area contributed by atoms with Crippen molar-refractivity contribution in [3.63, 3.8) is 0 Å². The van der Waals surface area contributed by atoms with Crippen LogP contribution in [0, 0.1) is 11.7 Å². The number of para-hydroxylation sites is 1. The molecule has 2 saturated heterocycles. The first-order chi connectivity index (χ1) is 15.8. The van der Waals surface area contributed by atoms with Gasteiger partial charge in [0.25, 0.3) is 11.8 Å². The summed E-state index contributed by atoms with van der Waals surface area (Å²) in [6, 6.07) is 5.89. The Morgan fingerprint density at radius 3 is 2.58 bits per heavy atom. The molecule has 1 aliphatic carbocycles. The predicted octanol–water partition coefficient (Wildman–Crippen LogP) is 1.52. The summed E-state index contributed by atoms with van der Waals surface area (Å²) < 4.78 is 19.0. The van der Waals surface area contributed by atoms with E-state index in [9.17, 15) is 23.6 Å². The number of carbonyl (C=O) groups is 4. The van der Waals surface area contributed by atoms with Crippen LogP contribution in [0.3, 0.4) is 0 Å². The number of halogens is 1. The number of esters is 1. The first kappa shape index (κ1) is 23.0. The van der Waals surface area contributed by atoms with E-state index in [0.717, 1.165) is 24.2 Å². The van der Waals surface area contributed by atoms with Crippen molar-refractivity contribution in [3.05, 3.63) is 30.1 Å². The maximum absolute atomic E-state index is 14.0. The highest BCUT2D eigenvalue weighted by atomic mass is 19.1. The van der Waals surface area contributed by atoms with Gasteiger partial charge in [-0.05, 0) is 30.9 Å². The zero-order valence-electron chi connectivity index (χ0n) is 18.7. The van der Waals surface area contributed by atoms with E-state index in [4.69, 9.17) is 4.74 Å². The third-order valence-electron chi connectivity index (χ3n) is 6.97. The number of imide groups is 1. The number of amides is 4. The van der Waals surface area contributed by atoms with Gasteiger partial charge in [-0.2, -0.15) is 0 Å². The molecule has 2 atom stereocenters. The molecule has 10 heteroatoms. The van der Waals surface area contributed by atoms with Crippen molar-refractivity contribution in [1.29, 1.82) is 0 Å². The van der Waals surface area contributed by atoms with Crippen LogP contribution < -0.4 is 10.2 Å². The number of urea groups is 1. The van der Waals surface area contributed by atoms with Crippen LogP contribution in [0.25, 0.3) is 0 Å². The van der Waals surface area contributed by atoms with Gasteiger partial charge in [-0.3, -0.25) is 19.3 Å². The minimum atomic E-state index is -0.941. The van der Waals surface area contributed by atoms with E-state index in [-0.39, 0.29) is 17.6 Å². The summed E-state index contributed by atoms with van der Waals surface area (Å²) >= 11 is 0. The Hall–Kier alpha value is -3.17. The summed E-state index contributed by atoms with van der Waals surface area (Å²) in [5, 5.41) is 2.79. The number of hydrogen-bond donors (Lipinski definition) is 1. The Balaban J connectivity index is 1.25. The van der Waals surface area contributed by atoms with Crippen molar-refractivity contribution >= 4 is 29.5 Å². The summed E-state index contributed by atoms with van der Waals surface area (Å²) in [7, 11) is 0. The number of nitrogens with one attached hydrogen (secondary N) is 1. The van der Waals surface area contributed by atoms with Crippen LogP contribution in [-0.4, -0.2) is 78.5 Å². The molecule has 2 heterocycles. The van der Waals surface area contributed by atoms with E-state index in [1.54, 1.807) is 23.1 Å². The fourth-order valence-corrected chi connectivity index (χ4v) is 4.95. The minimum Gasteiger partial charge on any atom is -0.454 e. The fourth-order valence-electron chi connectivity index (χ4n) is 4.95. The van der Waals surface area contributed by atoms with Gasteiger partial charge < -0.3 is 19.9 Å². The van der Waals surface area contributed by atoms with Gasteiger partial charge in [-0.1, -0.05) is 31.9 Å². The van der Waals surface area contributed by atoms with Gasteiger partial charge in [0.05, 0.1) is 5.69 Å². The van der Waals surface area contributed by atoms with Crippen LogP contribution in [-0.2, 0) is 19.1 Å². The zero-order valence-corrected chi connectivity index (χ0v) is 18.7. The van der Waals surface area contributed by atoms with Gasteiger partial charge in [0, 0.05) is 26.2 Å². The van der Waals surface area contributed by atoms with Crippen molar-refractivity contribution in [2.45, 2.75) is 38.1 Å². The van der Waals surface area contributed by atoms with E-state index >= 15 is 0 Å². The second-order valence-electron chi connectivity index (χ2n) is 8.92. The Morgan fingerprint density at radius 2 is 1.88 bits per heavy atom. The topological polar surface area (TPSA) is 99.3 Å². The van der Waals surface area contributed by atoms with Crippen molar-refractivity contribution in [2.24, 2.45) is 5.92 Å². The lowest BCUT2D eigenvalue weighted by molar-refractivity contribution is -0.154. The van der Waals surface area contributed by atoms with Crippen LogP contribution in [0.15, 0.2) is 24.3 Å². The first-order valence-electron chi connectivity index (χ1n) is 11.4. The first-order valence-corrected chi connectivity index (χ1v) is 11.4. The van der Waals surface area contributed by atoms with Crippen LogP contribution in [0.1, 0.15) is 32.6 Å². The predicted molar refractivity (Wildman–Crippen MR) is 117 cm³/mol. The average Bonchev–Trinajstić information content (AvgIpc) is 3.05. The van der Waals surface area contributed by atoms with Gasteiger partial charge in [0.15, 0.2) is 6.61 Å². The monoisotopic (exact) mass is 460 g/mol. The summed E-state index contributed by atoms with van der Waals surface area (Å²) in [4.78, 5) is 54.4. The Kier molecular flexibility index (Phi) is 6.53. The molecule has 4 amide bonds. The molecule has 1 aromatic rings. The molecule has 0 aromatic heterocycles. The van der Waals surface area contributed by atoms with Gasteiger partial charge >= 0.3 is 12.0 Å². The summed E-state index contributed by atoms with van der Waals surface area (Å²) in [6.07, 6.45) is 3.24. The molecular weight excluding hydrogens is 431 g/mol. The molecule has 178 valence electrons. The zero-order chi connectivity index (χ0) is 23.6. The molecular formula is C23H29FN4O5. The highest BCUT2D eigenvalue weighted by Crippen LogP contribution is 2.38. The largest absolute Gasteiger partial charge is 0.454 e. The molecule has 4 rings (SSSR count). The number of piperazine rings is 1. The lowest BCUT2D eigenvalue weighted by atomic mass is 9.73. The van der Waals surface area contributed by atoms with Crippen molar-refractivity contribution < 1.29 is 28.3 Å². The number of carbonyl (C=O) groups excluding carboxylic acids is 4. The molecule has 1 saturated carbocycles. The van der Waals surface area contributed by atoms with Crippen molar-refractivity contribution in [1.82, 2.24) is 15.1 Å². The number of ether oxygens (including phenoxy) is 1. The number of anilines is 1. The van der Waals surface area contributed by atoms with Gasteiger partial charge in [0.1, 0.15) is 17.9 Å². The molecule has 1 spiro atoms. The van der Waals surface area contributed by atoms with E-state index in [1.807, 2.05) is 11.8 Å². The Labute approximate surface area is 191 Å². The SMILES string of the molecule is CC1CCCCC12NC(=O)N(CC(=O)OCC(=O)N1CCN(c3ccccc3F)CC1)C2=O. The number of hydrogen-bond acceptors (Lipinski definition) is 6. The lowest BCUT2D eigenvalue weighted by Crippen LogP contribution is -2.54. The molecule has 3 aliphatic rings. The quantitative estimate of drug-likeness (QED) is 0.528. The van der Waals surface area contributed by atoms with Crippen molar-refractivity contribution in [3.8, 4) is 0 Å². The highest BCUT2D eigenvalue weighted by Gasteiger charge is 2.55. The van der Waals surface area contributed by atoms with E-state index in [0.29, 0.717) is 38.3 Å². The summed E-state index contributed by atoms with van der Waals surface area (Å²) in [5.74, 6) is -1.89. The Bertz CT molecular complexity index is 949. The molecule has 0 bridgehead atoms.